The topological polar surface area (TPSA) is 24.4 Å². The Morgan fingerprint density at radius 2 is 2.50 bits per heavy atom. The molecular weight excluding hydrogens is 236 g/mol. The summed E-state index contributed by atoms with van der Waals surface area (Å²) in [6.07, 6.45) is 2.30. The minimum Gasteiger partial charge on any atom is -0.362 e. The average molecular weight is 254 g/mol. The van der Waals surface area contributed by atoms with Crippen molar-refractivity contribution in [3.8, 4) is 0 Å². The van der Waals surface area contributed by atoms with Gasteiger partial charge in [-0.2, -0.15) is 0 Å². The molecule has 0 amide bonds. The molecule has 1 N–H and O–H groups in total. The second kappa shape index (κ2) is 5.73. The van der Waals surface area contributed by atoms with Crippen LogP contribution in [-0.4, -0.2) is 23.0 Å². The van der Waals surface area contributed by atoms with Crippen LogP contribution in [0.5, 0.6) is 0 Å². The quantitative estimate of drug-likeness (QED) is 0.892. The van der Waals surface area contributed by atoms with E-state index in [4.69, 9.17) is 0 Å². The van der Waals surface area contributed by atoms with Crippen LogP contribution in [0, 0.1) is 0 Å². The van der Waals surface area contributed by atoms with Gasteiger partial charge in [0.05, 0.1) is 6.54 Å². The Hall–Kier alpha value is -0.480. The second-order valence-corrected chi connectivity index (χ2v) is 6.44. The van der Waals surface area contributed by atoms with Crippen molar-refractivity contribution in [2.75, 3.05) is 6.54 Å². The summed E-state index contributed by atoms with van der Waals surface area (Å²) in [4.78, 5) is 5.97. The minimum atomic E-state index is 0.473. The molecular formula is C12H18N2S2. The highest BCUT2D eigenvalue weighted by atomic mass is 32.2. The molecule has 2 rings (SSSR count). The molecule has 2 atom stereocenters. The summed E-state index contributed by atoms with van der Waals surface area (Å²) in [7, 11) is 0. The minimum absolute atomic E-state index is 0.473. The maximum atomic E-state index is 4.53. The van der Waals surface area contributed by atoms with E-state index in [0.717, 1.165) is 18.1 Å². The van der Waals surface area contributed by atoms with Gasteiger partial charge in [0.15, 0.2) is 5.17 Å². The van der Waals surface area contributed by atoms with E-state index >= 15 is 0 Å². The molecule has 2 nitrogen and oxygen atoms in total. The van der Waals surface area contributed by atoms with Crippen LogP contribution in [0.3, 0.4) is 0 Å². The van der Waals surface area contributed by atoms with Crippen LogP contribution in [0.1, 0.15) is 25.1 Å². The third-order valence-electron chi connectivity index (χ3n) is 2.63. The van der Waals surface area contributed by atoms with Crippen molar-refractivity contribution in [3.05, 3.63) is 22.4 Å². The van der Waals surface area contributed by atoms with Gasteiger partial charge in [-0.15, -0.1) is 11.3 Å². The predicted molar refractivity (Wildman–Crippen MR) is 74.6 cm³/mol. The number of thiophene rings is 1. The van der Waals surface area contributed by atoms with Gasteiger partial charge in [-0.3, -0.25) is 4.99 Å². The van der Waals surface area contributed by atoms with Gasteiger partial charge in [-0.1, -0.05) is 24.8 Å². The van der Waals surface area contributed by atoms with Crippen LogP contribution in [0.25, 0.3) is 0 Å². The van der Waals surface area contributed by atoms with Crippen LogP contribution in [0.4, 0.5) is 0 Å². The van der Waals surface area contributed by atoms with Crippen LogP contribution in [-0.2, 0) is 6.42 Å². The van der Waals surface area contributed by atoms with E-state index in [2.05, 4.69) is 41.7 Å². The molecule has 0 fully saturated rings. The molecule has 88 valence electrons. The molecule has 4 heteroatoms. The fourth-order valence-electron chi connectivity index (χ4n) is 1.70. The van der Waals surface area contributed by atoms with E-state index in [0.29, 0.717) is 11.3 Å². The number of amidine groups is 1. The smallest absolute Gasteiger partial charge is 0.157 e. The number of rotatable bonds is 4. The molecule has 16 heavy (non-hydrogen) atoms. The van der Waals surface area contributed by atoms with Gasteiger partial charge in [0.1, 0.15) is 0 Å². The van der Waals surface area contributed by atoms with Crippen molar-refractivity contribution in [1.29, 1.82) is 0 Å². The maximum absolute atomic E-state index is 4.53. The number of aliphatic imine (C=N–C) groups is 1. The zero-order valence-corrected chi connectivity index (χ0v) is 11.4. The standard InChI is InChI=1S/C12H18N2S2/c1-3-10-8-13-12(16-10)14-9(2)7-11-5-4-6-15-11/h4-6,9-10H,3,7-8H2,1-2H3,(H,13,14). The van der Waals surface area contributed by atoms with Crippen molar-refractivity contribution in [2.45, 2.75) is 38.0 Å². The van der Waals surface area contributed by atoms with Crippen LogP contribution >= 0.6 is 23.1 Å². The monoisotopic (exact) mass is 254 g/mol. The average Bonchev–Trinajstić information content (AvgIpc) is 2.89. The molecule has 0 aromatic carbocycles. The van der Waals surface area contributed by atoms with Crippen LogP contribution in [0.15, 0.2) is 22.5 Å². The lowest BCUT2D eigenvalue weighted by molar-refractivity contribution is 0.671. The first-order valence-electron chi connectivity index (χ1n) is 5.78. The fourth-order valence-corrected chi connectivity index (χ4v) is 3.59. The summed E-state index contributed by atoms with van der Waals surface area (Å²) in [5.74, 6) is 0. The van der Waals surface area contributed by atoms with Gasteiger partial charge in [-0.25, -0.2) is 0 Å². The molecule has 1 aromatic heterocycles. The molecule has 0 saturated carbocycles. The maximum Gasteiger partial charge on any atom is 0.157 e. The predicted octanol–water partition coefficient (Wildman–Crippen LogP) is 3.15. The van der Waals surface area contributed by atoms with Crippen LogP contribution in [0.2, 0.25) is 0 Å². The summed E-state index contributed by atoms with van der Waals surface area (Å²) in [6, 6.07) is 4.78. The normalized spacial score (nSPS) is 21.9. The van der Waals surface area contributed by atoms with Gasteiger partial charge >= 0.3 is 0 Å². The molecule has 1 aliphatic rings. The molecule has 0 spiro atoms. The van der Waals surface area contributed by atoms with Crippen molar-refractivity contribution >= 4 is 28.3 Å². The summed E-state index contributed by atoms with van der Waals surface area (Å²) < 4.78 is 0. The molecule has 1 aromatic rings. The summed E-state index contributed by atoms with van der Waals surface area (Å²) in [6.45, 7) is 5.43. The van der Waals surface area contributed by atoms with Gasteiger partial charge in [-0.05, 0) is 24.8 Å². The van der Waals surface area contributed by atoms with Crippen molar-refractivity contribution < 1.29 is 0 Å². The molecule has 2 unspecified atom stereocenters. The first-order valence-corrected chi connectivity index (χ1v) is 7.54. The molecule has 0 radical (unpaired) electrons. The summed E-state index contributed by atoms with van der Waals surface area (Å²) in [5, 5.41) is 7.46. The van der Waals surface area contributed by atoms with E-state index in [1.165, 1.54) is 11.3 Å². The van der Waals surface area contributed by atoms with E-state index in [1.54, 1.807) is 0 Å². The summed E-state index contributed by atoms with van der Waals surface area (Å²) >= 11 is 3.72. The molecule has 0 saturated heterocycles. The Morgan fingerprint density at radius 1 is 1.62 bits per heavy atom. The van der Waals surface area contributed by atoms with Crippen LogP contribution < -0.4 is 5.32 Å². The lowest BCUT2D eigenvalue weighted by atomic mass is 10.2. The number of hydrogen-bond donors (Lipinski definition) is 1. The number of nitrogens with one attached hydrogen (secondary N) is 1. The Bertz CT molecular complexity index is 346. The lowest BCUT2D eigenvalue weighted by Crippen LogP contribution is -2.31. The van der Waals surface area contributed by atoms with E-state index in [9.17, 15) is 0 Å². The number of nitrogens with zero attached hydrogens (tertiary/aromatic N) is 1. The first kappa shape index (κ1) is 12.0. The third-order valence-corrected chi connectivity index (χ3v) is 4.81. The lowest BCUT2D eigenvalue weighted by Gasteiger charge is -2.14. The SMILES string of the molecule is CCC1CN=C(NC(C)Cc2cccs2)S1. The van der Waals surface area contributed by atoms with Gasteiger partial charge < -0.3 is 5.32 Å². The second-order valence-electron chi connectivity index (χ2n) is 4.12. The van der Waals surface area contributed by atoms with Gasteiger partial charge in [0, 0.05) is 22.6 Å². The highest BCUT2D eigenvalue weighted by Gasteiger charge is 2.18. The molecule has 0 aliphatic carbocycles. The van der Waals surface area contributed by atoms with Gasteiger partial charge in [0.2, 0.25) is 0 Å². The largest absolute Gasteiger partial charge is 0.362 e. The van der Waals surface area contributed by atoms with E-state index in [1.807, 2.05) is 23.1 Å². The molecule has 2 heterocycles. The van der Waals surface area contributed by atoms with Crippen molar-refractivity contribution in [2.24, 2.45) is 4.99 Å². The Balaban J connectivity index is 1.78. The zero-order valence-electron chi connectivity index (χ0n) is 9.77. The van der Waals surface area contributed by atoms with Gasteiger partial charge in [0.25, 0.3) is 0 Å². The zero-order chi connectivity index (χ0) is 11.4. The first-order chi connectivity index (χ1) is 7.78. The Labute approximate surface area is 106 Å². The number of thioether (sulfide) groups is 1. The fraction of sp³-hybridized carbons (Fsp3) is 0.583. The molecule has 0 bridgehead atoms. The van der Waals surface area contributed by atoms with E-state index in [-0.39, 0.29) is 0 Å². The Morgan fingerprint density at radius 3 is 3.12 bits per heavy atom. The van der Waals surface area contributed by atoms with Crippen molar-refractivity contribution in [1.82, 2.24) is 5.32 Å². The Kier molecular flexibility index (Phi) is 4.29. The highest BCUT2D eigenvalue weighted by Crippen LogP contribution is 2.22. The third kappa shape index (κ3) is 3.25. The highest BCUT2D eigenvalue weighted by molar-refractivity contribution is 8.14. The summed E-state index contributed by atoms with van der Waals surface area (Å²) in [5.41, 5.74) is 0. The number of hydrogen-bond acceptors (Lipinski definition) is 4. The molecule has 1 aliphatic heterocycles. The van der Waals surface area contributed by atoms with Crippen molar-refractivity contribution in [3.63, 3.8) is 0 Å². The van der Waals surface area contributed by atoms with E-state index < -0.39 is 0 Å².